The van der Waals surface area contributed by atoms with Crippen LogP contribution in [0.5, 0.6) is 0 Å². The summed E-state index contributed by atoms with van der Waals surface area (Å²) in [4.78, 5) is 32.4. The Morgan fingerprint density at radius 2 is 1.83 bits per heavy atom. The fourth-order valence-corrected chi connectivity index (χ4v) is 5.21. The molecule has 1 unspecified atom stereocenters. The number of anilines is 3. The smallest absolute Gasteiger partial charge is 0.260 e. The summed E-state index contributed by atoms with van der Waals surface area (Å²) in [6, 6.07) is 11.4. The van der Waals surface area contributed by atoms with E-state index in [4.69, 9.17) is 0 Å². The van der Waals surface area contributed by atoms with E-state index in [-0.39, 0.29) is 34.5 Å². The molecule has 0 radical (unpaired) electrons. The summed E-state index contributed by atoms with van der Waals surface area (Å²) in [6.07, 6.45) is 6.17. The maximum atomic E-state index is 15.3. The molecule has 6 rings (SSSR count). The number of nitrogens with zero attached hydrogens (tertiary/aromatic N) is 6. The van der Waals surface area contributed by atoms with Gasteiger partial charge in [0, 0.05) is 73.0 Å². The van der Waals surface area contributed by atoms with Crippen molar-refractivity contribution in [2.75, 3.05) is 29.9 Å². The molecule has 2 N–H and O–H groups in total. The molecule has 1 fully saturated rings. The molecule has 41 heavy (non-hydrogen) atoms. The fourth-order valence-electron chi connectivity index (χ4n) is 5.21. The van der Waals surface area contributed by atoms with Gasteiger partial charge in [-0.1, -0.05) is 12.1 Å². The number of pyridine rings is 1. The van der Waals surface area contributed by atoms with Crippen LogP contribution >= 0.6 is 0 Å². The van der Waals surface area contributed by atoms with Gasteiger partial charge in [0.2, 0.25) is 5.95 Å². The van der Waals surface area contributed by atoms with Crippen molar-refractivity contribution >= 4 is 28.4 Å². The van der Waals surface area contributed by atoms with Crippen molar-refractivity contribution in [2.45, 2.75) is 26.4 Å². The fraction of sp³-hybridized carbons (Fsp3) is 0.233. The highest BCUT2D eigenvalue weighted by molar-refractivity contribution is 5.82. The number of benzene rings is 2. The van der Waals surface area contributed by atoms with Crippen molar-refractivity contribution in [2.24, 2.45) is 0 Å². The number of hydrogen-bond donors (Lipinski definition) is 2. The van der Waals surface area contributed by atoms with Crippen LogP contribution in [-0.4, -0.2) is 50.2 Å². The zero-order valence-corrected chi connectivity index (χ0v) is 22.6. The van der Waals surface area contributed by atoms with Crippen LogP contribution < -0.4 is 21.1 Å². The van der Waals surface area contributed by atoms with Gasteiger partial charge in [0.25, 0.3) is 5.56 Å². The molecule has 0 aliphatic carbocycles. The van der Waals surface area contributed by atoms with Crippen molar-refractivity contribution in [1.82, 2.24) is 29.8 Å². The van der Waals surface area contributed by atoms with Crippen LogP contribution in [0, 0.1) is 11.6 Å². The molecule has 0 spiro atoms. The Morgan fingerprint density at radius 3 is 2.56 bits per heavy atom. The topological polar surface area (TPSA) is 101 Å². The maximum absolute atomic E-state index is 15.3. The van der Waals surface area contributed by atoms with Gasteiger partial charge in [0.1, 0.15) is 23.6 Å². The maximum Gasteiger partial charge on any atom is 0.260 e. The molecule has 1 aliphatic rings. The van der Waals surface area contributed by atoms with Crippen molar-refractivity contribution in [1.29, 1.82) is 0 Å². The Hall–Kier alpha value is -4.77. The summed E-state index contributed by atoms with van der Waals surface area (Å²) in [5.74, 6) is -0.659. The minimum Gasteiger partial charge on any atom is -0.364 e. The zero-order valence-electron chi connectivity index (χ0n) is 22.6. The van der Waals surface area contributed by atoms with Crippen molar-refractivity contribution in [3.05, 3.63) is 89.4 Å². The second kappa shape index (κ2) is 11.0. The van der Waals surface area contributed by atoms with E-state index in [9.17, 15) is 4.79 Å². The van der Waals surface area contributed by atoms with E-state index >= 15 is 8.78 Å². The molecule has 5 aromatic rings. The standard InChI is InChI=1S/C30H28F2N8O/c1-3-39-28-20(10-24(29(39)41)23-6-4-19(11-25(23)31)21-14-34-17-35-15-21)16-36-30(38-28)37-22-5-7-27(26(32)12-22)40-9-8-33-13-18(40)2/h4-7,10-12,14-18,33H,3,8-9,13H2,1-2H3,(H,36,37,38). The van der Waals surface area contributed by atoms with Gasteiger partial charge < -0.3 is 15.5 Å². The zero-order chi connectivity index (χ0) is 28.5. The van der Waals surface area contributed by atoms with E-state index < -0.39 is 5.82 Å². The third-order valence-corrected chi connectivity index (χ3v) is 7.31. The number of hydrogen-bond acceptors (Lipinski definition) is 8. The monoisotopic (exact) mass is 554 g/mol. The van der Waals surface area contributed by atoms with Crippen molar-refractivity contribution in [3.8, 4) is 22.3 Å². The lowest BCUT2D eigenvalue weighted by Gasteiger charge is -2.36. The largest absolute Gasteiger partial charge is 0.364 e. The van der Waals surface area contributed by atoms with E-state index in [1.165, 1.54) is 23.0 Å². The van der Waals surface area contributed by atoms with E-state index in [2.05, 4.69) is 37.5 Å². The summed E-state index contributed by atoms with van der Waals surface area (Å²) < 4.78 is 31.8. The van der Waals surface area contributed by atoms with Crippen LogP contribution in [0.4, 0.5) is 26.1 Å². The number of nitrogens with one attached hydrogen (secondary N) is 2. The first-order chi connectivity index (χ1) is 19.9. The molecule has 0 saturated carbocycles. The lowest BCUT2D eigenvalue weighted by Crippen LogP contribution is -2.50. The van der Waals surface area contributed by atoms with Crippen LogP contribution in [0.25, 0.3) is 33.3 Å². The van der Waals surface area contributed by atoms with Crippen LogP contribution in [0.15, 0.2) is 72.2 Å². The molecular weight excluding hydrogens is 526 g/mol. The first kappa shape index (κ1) is 26.5. The van der Waals surface area contributed by atoms with Crippen LogP contribution in [0.2, 0.25) is 0 Å². The predicted molar refractivity (Wildman–Crippen MR) is 155 cm³/mol. The van der Waals surface area contributed by atoms with Crippen LogP contribution in [0.3, 0.4) is 0 Å². The third-order valence-electron chi connectivity index (χ3n) is 7.31. The quantitative estimate of drug-likeness (QED) is 0.310. The minimum atomic E-state index is -0.537. The number of piperazine rings is 1. The van der Waals surface area contributed by atoms with Gasteiger partial charge in [-0.25, -0.2) is 23.7 Å². The minimum absolute atomic E-state index is 0.177. The molecule has 1 atom stereocenters. The van der Waals surface area contributed by atoms with Gasteiger partial charge in [-0.05, 0) is 49.7 Å². The van der Waals surface area contributed by atoms with Gasteiger partial charge in [0.15, 0.2) is 0 Å². The molecule has 1 aliphatic heterocycles. The number of halogens is 2. The van der Waals surface area contributed by atoms with E-state index in [0.29, 0.717) is 40.1 Å². The third kappa shape index (κ3) is 5.11. The van der Waals surface area contributed by atoms with Crippen LogP contribution in [-0.2, 0) is 6.54 Å². The first-order valence-electron chi connectivity index (χ1n) is 13.4. The van der Waals surface area contributed by atoms with Gasteiger partial charge in [0.05, 0.1) is 11.3 Å². The lowest BCUT2D eigenvalue weighted by atomic mass is 10.0. The summed E-state index contributed by atoms with van der Waals surface area (Å²) in [5.41, 5.74) is 2.71. The van der Waals surface area contributed by atoms with E-state index in [1.54, 1.807) is 48.9 Å². The average Bonchev–Trinajstić information content (AvgIpc) is 2.98. The Bertz CT molecular complexity index is 1790. The number of aryl methyl sites for hydroxylation is 1. The summed E-state index contributed by atoms with van der Waals surface area (Å²) in [5, 5.41) is 6.93. The number of aromatic nitrogens is 5. The molecule has 9 nitrogen and oxygen atoms in total. The highest BCUT2D eigenvalue weighted by Crippen LogP contribution is 2.29. The molecule has 1 saturated heterocycles. The summed E-state index contributed by atoms with van der Waals surface area (Å²) in [7, 11) is 0. The van der Waals surface area contributed by atoms with Crippen molar-refractivity contribution < 1.29 is 8.78 Å². The SMILES string of the molecule is CCn1c(=O)c(-c2ccc(-c3cncnc3)cc2F)cc2cnc(Nc3ccc(N4CCNCC4C)c(F)c3)nc21. The van der Waals surface area contributed by atoms with E-state index in [0.717, 1.165) is 19.6 Å². The molecule has 4 heterocycles. The Labute approximate surface area is 234 Å². The van der Waals surface area contributed by atoms with Crippen LogP contribution in [0.1, 0.15) is 13.8 Å². The highest BCUT2D eigenvalue weighted by Gasteiger charge is 2.21. The second-order valence-electron chi connectivity index (χ2n) is 9.94. The highest BCUT2D eigenvalue weighted by atomic mass is 19.1. The lowest BCUT2D eigenvalue weighted by molar-refractivity contribution is 0.491. The van der Waals surface area contributed by atoms with Gasteiger partial charge in [-0.15, -0.1) is 0 Å². The Kier molecular flexibility index (Phi) is 7.10. The second-order valence-corrected chi connectivity index (χ2v) is 9.94. The molecule has 3 aromatic heterocycles. The molecule has 11 heteroatoms. The van der Waals surface area contributed by atoms with E-state index in [1.807, 2.05) is 11.8 Å². The summed E-state index contributed by atoms with van der Waals surface area (Å²) >= 11 is 0. The van der Waals surface area contributed by atoms with Gasteiger partial charge >= 0.3 is 0 Å². The summed E-state index contributed by atoms with van der Waals surface area (Å²) in [6.45, 7) is 6.52. The number of rotatable bonds is 6. The molecule has 2 aromatic carbocycles. The molecule has 208 valence electrons. The molecule has 0 amide bonds. The normalized spacial score (nSPS) is 15.3. The van der Waals surface area contributed by atoms with Gasteiger partial charge in [-0.2, -0.15) is 4.98 Å². The Balaban J connectivity index is 1.32. The predicted octanol–water partition coefficient (Wildman–Crippen LogP) is 4.76. The number of fused-ring (bicyclic) bond motifs is 1. The Morgan fingerprint density at radius 1 is 1.00 bits per heavy atom. The average molecular weight is 555 g/mol. The first-order valence-corrected chi connectivity index (χ1v) is 13.4. The molecule has 0 bridgehead atoms. The molecular formula is C30H28F2N8O. The van der Waals surface area contributed by atoms with Crippen molar-refractivity contribution in [3.63, 3.8) is 0 Å². The van der Waals surface area contributed by atoms with Gasteiger partial charge in [-0.3, -0.25) is 9.36 Å².